The summed E-state index contributed by atoms with van der Waals surface area (Å²) in [6.07, 6.45) is 4.42. The van der Waals surface area contributed by atoms with E-state index in [2.05, 4.69) is 9.71 Å². The molecule has 2 N–H and O–H groups in total. The van der Waals surface area contributed by atoms with Gasteiger partial charge in [0.15, 0.2) is 0 Å². The number of aliphatic carboxylic acids is 1. The van der Waals surface area contributed by atoms with Crippen LogP contribution in [-0.2, 0) is 24.7 Å². The number of pyridine rings is 1. The van der Waals surface area contributed by atoms with E-state index >= 15 is 0 Å². The first-order valence-corrected chi connectivity index (χ1v) is 9.34. The van der Waals surface area contributed by atoms with Gasteiger partial charge in [0.2, 0.25) is 10.0 Å². The SMILES string of the molecule is CS(=O)(=O)CCS(=O)(=O)Nc1cc(/C=C/C(=O)O)ccn1. The number of rotatable bonds is 7. The van der Waals surface area contributed by atoms with Gasteiger partial charge in [0.25, 0.3) is 0 Å². The molecular weight excluding hydrogens is 320 g/mol. The van der Waals surface area contributed by atoms with Gasteiger partial charge in [-0.05, 0) is 23.8 Å². The number of hydrogen-bond donors (Lipinski definition) is 2. The molecule has 0 radical (unpaired) electrons. The molecule has 0 aliphatic heterocycles. The fourth-order valence-electron chi connectivity index (χ4n) is 1.25. The lowest BCUT2D eigenvalue weighted by Crippen LogP contribution is -2.22. The molecule has 0 saturated carbocycles. The van der Waals surface area contributed by atoms with E-state index < -0.39 is 37.3 Å². The Morgan fingerprint density at radius 3 is 2.57 bits per heavy atom. The number of sulfonamides is 1. The fraction of sp³-hybridized carbons (Fsp3) is 0.273. The predicted octanol–water partition coefficient (Wildman–Crippen LogP) is -0.0343. The Labute approximate surface area is 122 Å². The van der Waals surface area contributed by atoms with Crippen molar-refractivity contribution >= 4 is 37.7 Å². The summed E-state index contributed by atoms with van der Waals surface area (Å²) < 4.78 is 47.4. The fourth-order valence-corrected chi connectivity index (χ4v) is 3.87. The first-order valence-electron chi connectivity index (χ1n) is 5.63. The maximum Gasteiger partial charge on any atom is 0.328 e. The third-order valence-electron chi connectivity index (χ3n) is 2.19. The van der Waals surface area contributed by atoms with Crippen molar-refractivity contribution in [2.24, 2.45) is 0 Å². The van der Waals surface area contributed by atoms with Gasteiger partial charge < -0.3 is 5.11 Å². The van der Waals surface area contributed by atoms with Crippen LogP contribution in [0.5, 0.6) is 0 Å². The third-order valence-corrected chi connectivity index (χ3v) is 4.65. The van der Waals surface area contributed by atoms with Gasteiger partial charge in [0.05, 0.1) is 11.5 Å². The molecule has 116 valence electrons. The van der Waals surface area contributed by atoms with Gasteiger partial charge in [0.1, 0.15) is 15.7 Å². The van der Waals surface area contributed by atoms with Crippen molar-refractivity contribution in [3.63, 3.8) is 0 Å². The Balaban J connectivity index is 2.83. The summed E-state index contributed by atoms with van der Waals surface area (Å²) in [4.78, 5) is 14.2. The Kier molecular flexibility index (Phi) is 5.44. The van der Waals surface area contributed by atoms with Crippen molar-refractivity contribution in [1.29, 1.82) is 0 Å². The van der Waals surface area contributed by atoms with Crippen molar-refractivity contribution in [2.45, 2.75) is 0 Å². The standard InChI is InChI=1S/C11H14N2O6S2/c1-20(16,17)6-7-21(18,19)13-10-8-9(4-5-12-10)2-3-11(14)15/h2-5,8H,6-7H2,1H3,(H,12,13)(H,14,15)/b3-2+. The maximum absolute atomic E-state index is 11.7. The number of carboxylic acids is 1. The quantitative estimate of drug-likeness (QED) is 0.669. The van der Waals surface area contributed by atoms with Gasteiger partial charge in [-0.3, -0.25) is 4.72 Å². The Morgan fingerprint density at radius 1 is 1.33 bits per heavy atom. The Morgan fingerprint density at radius 2 is 2.00 bits per heavy atom. The van der Waals surface area contributed by atoms with Crippen LogP contribution in [0.25, 0.3) is 6.08 Å². The van der Waals surface area contributed by atoms with E-state index in [1.807, 2.05) is 0 Å². The van der Waals surface area contributed by atoms with Crippen molar-refractivity contribution < 1.29 is 26.7 Å². The number of carbonyl (C=O) groups is 1. The second-order valence-corrected chi connectivity index (χ2v) is 8.30. The lowest BCUT2D eigenvalue weighted by Gasteiger charge is -2.07. The second-order valence-electron chi connectivity index (χ2n) is 4.20. The molecule has 10 heteroatoms. The number of aromatic nitrogens is 1. The minimum Gasteiger partial charge on any atom is -0.478 e. The number of carboxylic acid groups (broad SMARTS) is 1. The zero-order valence-corrected chi connectivity index (χ0v) is 12.7. The van der Waals surface area contributed by atoms with Crippen molar-refractivity contribution in [3.05, 3.63) is 30.0 Å². The first kappa shape index (κ1) is 17.1. The number of nitrogens with zero attached hydrogens (tertiary/aromatic N) is 1. The van der Waals surface area contributed by atoms with E-state index in [1.54, 1.807) is 0 Å². The summed E-state index contributed by atoms with van der Waals surface area (Å²) in [6.45, 7) is 0. The number of sulfone groups is 1. The van der Waals surface area contributed by atoms with Crippen LogP contribution in [0.3, 0.4) is 0 Å². The molecule has 0 aliphatic rings. The lowest BCUT2D eigenvalue weighted by molar-refractivity contribution is -0.131. The maximum atomic E-state index is 11.7. The molecule has 0 aromatic carbocycles. The summed E-state index contributed by atoms with van der Waals surface area (Å²) in [6, 6.07) is 2.82. The molecule has 0 saturated heterocycles. The van der Waals surface area contributed by atoms with Gasteiger partial charge >= 0.3 is 5.97 Å². The molecular formula is C11H14N2O6S2. The van der Waals surface area contributed by atoms with Crippen molar-refractivity contribution in [3.8, 4) is 0 Å². The average Bonchev–Trinajstić information content (AvgIpc) is 2.33. The Bertz CT molecular complexity index is 753. The highest BCUT2D eigenvalue weighted by Crippen LogP contribution is 2.10. The van der Waals surface area contributed by atoms with Crippen LogP contribution in [0.15, 0.2) is 24.4 Å². The molecule has 1 rings (SSSR count). The topological polar surface area (TPSA) is 130 Å². The van der Waals surface area contributed by atoms with E-state index in [4.69, 9.17) is 5.11 Å². The van der Waals surface area contributed by atoms with Crippen molar-refractivity contribution in [1.82, 2.24) is 4.98 Å². The summed E-state index contributed by atoms with van der Waals surface area (Å²) in [5.74, 6) is -2.23. The summed E-state index contributed by atoms with van der Waals surface area (Å²) in [5, 5.41) is 8.51. The highest BCUT2D eigenvalue weighted by Gasteiger charge is 2.15. The summed E-state index contributed by atoms with van der Waals surface area (Å²) in [5.41, 5.74) is 0.438. The number of anilines is 1. The molecule has 0 spiro atoms. The molecule has 0 amide bonds. The summed E-state index contributed by atoms with van der Waals surface area (Å²) >= 11 is 0. The minimum atomic E-state index is -3.85. The summed E-state index contributed by atoms with van der Waals surface area (Å²) in [7, 11) is -7.24. The lowest BCUT2D eigenvalue weighted by atomic mass is 10.2. The molecule has 0 atom stereocenters. The minimum absolute atomic E-state index is 0.0176. The van der Waals surface area contributed by atoms with Gasteiger partial charge in [-0.2, -0.15) is 0 Å². The van der Waals surface area contributed by atoms with Gasteiger partial charge in [-0.15, -0.1) is 0 Å². The normalized spacial score (nSPS) is 12.4. The molecule has 21 heavy (non-hydrogen) atoms. The van der Waals surface area contributed by atoms with E-state index in [0.717, 1.165) is 12.3 Å². The monoisotopic (exact) mass is 334 g/mol. The zero-order valence-electron chi connectivity index (χ0n) is 11.1. The van der Waals surface area contributed by atoms with Crippen LogP contribution in [-0.4, -0.2) is 50.7 Å². The molecule has 1 aromatic rings. The first-order chi connectivity index (χ1) is 9.57. The smallest absolute Gasteiger partial charge is 0.328 e. The van der Waals surface area contributed by atoms with Gasteiger partial charge in [0, 0.05) is 18.5 Å². The third kappa shape index (κ3) is 7.42. The van der Waals surface area contributed by atoms with Crippen LogP contribution in [0.1, 0.15) is 5.56 Å². The van der Waals surface area contributed by atoms with Crippen LogP contribution in [0, 0.1) is 0 Å². The van der Waals surface area contributed by atoms with E-state index in [1.165, 1.54) is 24.4 Å². The molecule has 8 nitrogen and oxygen atoms in total. The average molecular weight is 334 g/mol. The van der Waals surface area contributed by atoms with Crippen molar-refractivity contribution in [2.75, 3.05) is 22.5 Å². The van der Waals surface area contributed by atoms with Gasteiger partial charge in [-0.25, -0.2) is 26.6 Å². The Hall–Kier alpha value is -1.94. The van der Waals surface area contributed by atoms with Gasteiger partial charge in [-0.1, -0.05) is 0 Å². The van der Waals surface area contributed by atoms with E-state index in [9.17, 15) is 21.6 Å². The van der Waals surface area contributed by atoms with E-state index in [0.29, 0.717) is 5.56 Å². The predicted molar refractivity (Wildman–Crippen MR) is 78.0 cm³/mol. The zero-order chi connectivity index (χ0) is 16.1. The van der Waals surface area contributed by atoms with Crippen LogP contribution in [0.4, 0.5) is 5.82 Å². The highest BCUT2D eigenvalue weighted by molar-refractivity contribution is 7.95. The largest absolute Gasteiger partial charge is 0.478 e. The van der Waals surface area contributed by atoms with Crippen LogP contribution >= 0.6 is 0 Å². The molecule has 1 heterocycles. The highest BCUT2D eigenvalue weighted by atomic mass is 32.2. The molecule has 0 bridgehead atoms. The number of hydrogen-bond acceptors (Lipinski definition) is 6. The molecule has 0 fully saturated rings. The van der Waals surface area contributed by atoms with Crippen LogP contribution < -0.4 is 4.72 Å². The van der Waals surface area contributed by atoms with E-state index in [-0.39, 0.29) is 5.82 Å². The number of nitrogens with one attached hydrogen (secondary N) is 1. The second kappa shape index (κ2) is 6.68. The molecule has 0 unspecified atom stereocenters. The van der Waals surface area contributed by atoms with Crippen LogP contribution in [0.2, 0.25) is 0 Å². The molecule has 1 aromatic heterocycles. The molecule has 0 aliphatic carbocycles.